The highest BCUT2D eigenvalue weighted by molar-refractivity contribution is 6.28. The molecule has 408 valence electrons. The summed E-state index contributed by atoms with van der Waals surface area (Å²) in [6, 6.07) is 7.70. The molecular weight excluding hydrogens is 993 g/mol. The van der Waals surface area contributed by atoms with Crippen LogP contribution in [0.25, 0.3) is 43.5 Å². The van der Waals surface area contributed by atoms with Crippen LogP contribution in [0.5, 0.6) is 11.5 Å². The molecule has 0 bridgehead atoms. The second kappa shape index (κ2) is 19.4. The molecule has 5 aromatic rings. The van der Waals surface area contributed by atoms with E-state index in [2.05, 4.69) is 13.8 Å². The molecule has 4 heterocycles. The van der Waals surface area contributed by atoms with Crippen LogP contribution in [0.1, 0.15) is 72.8 Å². The first-order valence-corrected chi connectivity index (χ1v) is 25.7. The number of aliphatic hydroxyl groups is 6. The van der Waals surface area contributed by atoms with Crippen molar-refractivity contribution in [3.05, 3.63) is 80.5 Å². The quantitative estimate of drug-likeness (QED) is 0.0504. The van der Waals surface area contributed by atoms with Crippen molar-refractivity contribution in [2.75, 3.05) is 13.7 Å². The molecule has 7 N–H and O–H groups in total. The first kappa shape index (κ1) is 53.7. The summed E-state index contributed by atoms with van der Waals surface area (Å²) in [4.78, 5) is 62.6. The molecule has 6 aliphatic rings. The van der Waals surface area contributed by atoms with Gasteiger partial charge in [-0.2, -0.15) is 0 Å². The summed E-state index contributed by atoms with van der Waals surface area (Å²) in [6.45, 7) is 11.7. The molecule has 20 nitrogen and oxygen atoms in total. The van der Waals surface area contributed by atoms with E-state index in [1.807, 2.05) is 13.0 Å². The molecule has 5 fully saturated rings. The number of esters is 1. The zero-order chi connectivity index (χ0) is 54.8. The first-order valence-electron chi connectivity index (χ1n) is 25.7. The van der Waals surface area contributed by atoms with Gasteiger partial charge in [0.25, 0.3) is 0 Å². The van der Waals surface area contributed by atoms with Crippen molar-refractivity contribution >= 4 is 61.0 Å². The fourth-order valence-corrected chi connectivity index (χ4v) is 14.1. The molecule has 18 atom stereocenters. The standard InChI is InChI=1S/C32H32O14.C24H32O6/c1-10-8-9-15-18-16(10)29(38)45-26-17-13(23(35)20(19(18)26)30(39)43-15)6-5-7-14(17)44-32-28(24(36)21(33)11(2)42-32)46-31-25(37)27(40-4)22(34)12(3)41-31;1-13-9-16-17-6-8-24(29,20(28)12-30-14(2)25)23(17,4)11-19(27)21(16)22(3)7-5-15(26)10-18(13)22/h5-9,11-12,21-22,24-25,27-28,31-37H,1-4H3;5,7,10,13,16-17,19,21,27,29H,6,8-9,11-12H2,1-4H3/t11-,12-,21+,22+,24+,25-,27+,28-,31-,32+;13-,16-,17-,19-,21+,22-,23-,24-/m10/s1. The summed E-state index contributed by atoms with van der Waals surface area (Å²) in [5, 5.41) is 78.0. The lowest BCUT2D eigenvalue weighted by Gasteiger charge is -2.60. The number of hydrogen-bond donors (Lipinski definition) is 7. The van der Waals surface area contributed by atoms with Gasteiger partial charge < -0.3 is 73.0 Å². The summed E-state index contributed by atoms with van der Waals surface area (Å²) in [5.74, 6) is -1.14. The average molecular weight is 1060 g/mol. The lowest BCUT2D eigenvalue weighted by molar-refractivity contribution is -0.353. The maximum atomic E-state index is 13.4. The summed E-state index contributed by atoms with van der Waals surface area (Å²) >= 11 is 0. The minimum atomic E-state index is -1.61. The Morgan fingerprint density at radius 2 is 1.51 bits per heavy atom. The fraction of sp³-hybridized carbons (Fsp3) is 0.554. The minimum absolute atomic E-state index is 0.00535. The van der Waals surface area contributed by atoms with E-state index in [9.17, 15) is 59.7 Å². The van der Waals surface area contributed by atoms with E-state index in [0.717, 1.165) is 12.0 Å². The Kier molecular flexibility index (Phi) is 13.7. The van der Waals surface area contributed by atoms with Crippen molar-refractivity contribution in [2.45, 2.75) is 147 Å². The Morgan fingerprint density at radius 1 is 0.816 bits per heavy atom. The van der Waals surface area contributed by atoms with Gasteiger partial charge in [-0.1, -0.05) is 50.6 Å². The van der Waals surface area contributed by atoms with Gasteiger partial charge in [0, 0.05) is 46.9 Å². The summed E-state index contributed by atoms with van der Waals surface area (Å²) in [5.41, 5.74) is -2.62. The molecule has 3 saturated carbocycles. The lowest BCUT2D eigenvalue weighted by atomic mass is 9.45. The molecule has 11 rings (SSSR count). The molecule has 20 heteroatoms. The first-order chi connectivity index (χ1) is 35.9. The van der Waals surface area contributed by atoms with E-state index in [1.54, 1.807) is 38.1 Å². The molecule has 0 unspecified atom stereocenters. The number of ketones is 2. The predicted octanol–water partition coefficient (Wildman–Crippen LogP) is 3.74. The van der Waals surface area contributed by atoms with Gasteiger partial charge in [-0.3, -0.25) is 14.4 Å². The molecule has 3 aromatic carbocycles. The van der Waals surface area contributed by atoms with Crippen molar-refractivity contribution in [1.82, 2.24) is 0 Å². The van der Waals surface area contributed by atoms with Crippen molar-refractivity contribution in [3.8, 4) is 11.5 Å². The van der Waals surface area contributed by atoms with Gasteiger partial charge in [0.05, 0.1) is 29.1 Å². The second-order valence-corrected chi connectivity index (χ2v) is 22.2. The molecule has 4 aliphatic carbocycles. The predicted molar refractivity (Wildman–Crippen MR) is 269 cm³/mol. The highest BCUT2D eigenvalue weighted by Gasteiger charge is 2.69. The zero-order valence-electron chi connectivity index (χ0n) is 43.3. The van der Waals surface area contributed by atoms with Gasteiger partial charge in [-0.05, 0) is 94.1 Å². The molecule has 2 aliphatic heterocycles. The van der Waals surface area contributed by atoms with Crippen molar-refractivity contribution in [3.63, 3.8) is 0 Å². The molecule has 2 saturated heterocycles. The van der Waals surface area contributed by atoms with E-state index >= 15 is 0 Å². The van der Waals surface area contributed by atoms with Crippen LogP contribution < -0.4 is 16.0 Å². The number of aliphatic hydroxyl groups excluding tert-OH is 5. The van der Waals surface area contributed by atoms with Crippen molar-refractivity contribution < 1.29 is 87.4 Å². The number of phenolic OH excluding ortho intramolecular Hbond substituents is 1. The molecule has 0 spiro atoms. The summed E-state index contributed by atoms with van der Waals surface area (Å²) in [7, 11) is 1.30. The molecule has 76 heavy (non-hydrogen) atoms. The van der Waals surface area contributed by atoms with Gasteiger partial charge in [-0.15, -0.1) is 0 Å². The van der Waals surface area contributed by atoms with E-state index < -0.39 is 119 Å². The highest BCUT2D eigenvalue weighted by Crippen LogP contribution is 2.68. The zero-order valence-corrected chi connectivity index (χ0v) is 43.3. The van der Waals surface area contributed by atoms with Crippen LogP contribution in [-0.2, 0) is 38.1 Å². The SMILES string of the molecule is CC(=O)OCC(=O)[C@@]1(O)CC[C@H]2[C@@H]3C[C@H](C)C4=CC(=O)C=C[C@]4(C)[C@H]3[C@@H](O)C[C@@]21C.CO[C@H]1[C@@H](O)[C@@H](C)O[C@H](O[C@H]2[C@H](Oc3cccc4c(O)c5c(=O)oc6ccc(C)c7c(=O)oc(c34)c5c67)O[C@H](C)[C@H](O)[C@@H]2O)[C@@H]1O. The van der Waals surface area contributed by atoms with Crippen LogP contribution in [0.15, 0.2) is 72.6 Å². The topological polar surface area (TPSA) is 309 Å². The van der Waals surface area contributed by atoms with Crippen LogP contribution >= 0.6 is 0 Å². The monoisotopic (exact) mass is 1060 g/mol. The normalized spacial score (nSPS) is 38.1. The van der Waals surface area contributed by atoms with Gasteiger partial charge in [-0.25, -0.2) is 9.59 Å². The lowest BCUT2D eigenvalue weighted by Crippen LogP contribution is -2.64. The number of phenols is 1. The largest absolute Gasteiger partial charge is 0.506 e. The Balaban J connectivity index is 0.000000189. The number of ether oxygens (including phenoxy) is 6. The van der Waals surface area contributed by atoms with Gasteiger partial charge in [0.1, 0.15) is 58.6 Å². The third-order valence-electron chi connectivity index (χ3n) is 17.9. The molecule has 2 aromatic heterocycles. The number of allylic oxidation sites excluding steroid dienone is 4. The molecule has 0 amide bonds. The van der Waals surface area contributed by atoms with E-state index in [-0.39, 0.29) is 73.3 Å². The van der Waals surface area contributed by atoms with Crippen LogP contribution in [0.2, 0.25) is 0 Å². The van der Waals surface area contributed by atoms with Gasteiger partial charge >= 0.3 is 17.2 Å². The number of carbonyl (C=O) groups is 3. The minimum Gasteiger partial charge on any atom is -0.506 e. The van der Waals surface area contributed by atoms with Crippen LogP contribution in [0.4, 0.5) is 0 Å². The summed E-state index contributed by atoms with van der Waals surface area (Å²) in [6.07, 6.45) is -6.24. The van der Waals surface area contributed by atoms with Crippen LogP contribution in [0.3, 0.4) is 0 Å². The third kappa shape index (κ3) is 8.21. The Bertz CT molecular complexity index is 3320. The van der Waals surface area contributed by atoms with Crippen molar-refractivity contribution in [2.24, 2.45) is 34.5 Å². The Morgan fingerprint density at radius 3 is 2.22 bits per heavy atom. The second-order valence-electron chi connectivity index (χ2n) is 22.2. The number of fused-ring (bicyclic) bond motifs is 7. The Hall–Kier alpha value is -5.65. The number of carbonyl (C=O) groups excluding carboxylic acids is 3. The highest BCUT2D eigenvalue weighted by atomic mass is 16.8. The third-order valence-corrected chi connectivity index (χ3v) is 17.9. The average Bonchev–Trinajstić information content (AvgIpc) is 3.77. The summed E-state index contributed by atoms with van der Waals surface area (Å²) < 4.78 is 45.3. The number of methoxy groups -OCH3 is 1. The van der Waals surface area contributed by atoms with Crippen molar-refractivity contribution in [1.29, 1.82) is 0 Å². The van der Waals surface area contributed by atoms with E-state index in [1.165, 1.54) is 39.2 Å². The number of Topliss-reactive ketones (excluding diaryl/α,β-unsaturated/α-hetero) is 1. The Labute approximate surface area is 434 Å². The molecular formula is C56H64O20. The molecule has 0 radical (unpaired) electrons. The maximum Gasteiger partial charge on any atom is 0.348 e. The smallest absolute Gasteiger partial charge is 0.348 e. The van der Waals surface area contributed by atoms with Crippen LogP contribution in [-0.4, -0.2) is 140 Å². The number of aromatic hydroxyl groups is 1. The maximum absolute atomic E-state index is 13.4. The number of benzene rings is 3. The van der Waals surface area contributed by atoms with Crippen LogP contribution in [0, 0.1) is 41.4 Å². The van der Waals surface area contributed by atoms with Gasteiger partial charge in [0.15, 0.2) is 30.4 Å². The van der Waals surface area contributed by atoms with E-state index in [0.29, 0.717) is 30.2 Å². The number of rotatable bonds is 8. The van der Waals surface area contributed by atoms with Gasteiger partial charge in [0.2, 0.25) is 12.1 Å². The fourth-order valence-electron chi connectivity index (χ4n) is 14.1. The number of hydrogen-bond acceptors (Lipinski definition) is 20. The van der Waals surface area contributed by atoms with E-state index in [4.69, 9.17) is 37.3 Å². The number of aryl methyl sites for hydroxylation is 1.